The molecule has 1 N–H and O–H groups in total. The zero-order valence-electron chi connectivity index (χ0n) is 17.9. The number of nitrogens with one attached hydrogen (secondary N) is 1. The average molecular weight is 424 g/mol. The molecule has 0 radical (unpaired) electrons. The van der Waals surface area contributed by atoms with Crippen LogP contribution in [0.15, 0.2) is 42.9 Å². The Morgan fingerprint density at radius 1 is 1.06 bits per heavy atom. The van der Waals surface area contributed by atoms with E-state index in [4.69, 9.17) is 0 Å². The summed E-state index contributed by atoms with van der Waals surface area (Å²) in [6.45, 7) is 4.30. The van der Waals surface area contributed by atoms with Crippen LogP contribution in [-0.4, -0.2) is 19.9 Å². The van der Waals surface area contributed by atoms with E-state index in [0.29, 0.717) is 5.92 Å². The van der Waals surface area contributed by atoms with Crippen molar-refractivity contribution in [1.29, 1.82) is 0 Å². The molecule has 0 aliphatic heterocycles. The molecule has 2 heterocycles. The molecule has 2 aromatic heterocycles. The van der Waals surface area contributed by atoms with Gasteiger partial charge in [0.2, 0.25) is 5.95 Å². The molecular weight excluding hydrogens is 396 g/mol. The Morgan fingerprint density at radius 3 is 2.61 bits per heavy atom. The van der Waals surface area contributed by atoms with Gasteiger partial charge in [-0.15, -0.1) is 0 Å². The minimum Gasteiger partial charge on any atom is -0.324 e. The number of hydrogen-bond donors (Lipinski definition) is 1. The number of hydrogen-bond acceptors (Lipinski definition) is 5. The lowest BCUT2D eigenvalue weighted by Gasteiger charge is -2.26. The van der Waals surface area contributed by atoms with Crippen molar-refractivity contribution < 1.29 is 8.78 Å². The Kier molecular flexibility index (Phi) is 6.49. The molecule has 3 aromatic rings. The molecule has 5 nitrogen and oxygen atoms in total. The molecule has 1 saturated carbocycles. The smallest absolute Gasteiger partial charge is 0.280 e. The first-order valence-electron chi connectivity index (χ1n) is 10.8. The normalized spacial score (nSPS) is 18.9. The maximum absolute atomic E-state index is 12.9. The second kappa shape index (κ2) is 9.45. The molecule has 1 aromatic carbocycles. The molecule has 7 heteroatoms. The number of benzene rings is 1. The van der Waals surface area contributed by atoms with E-state index >= 15 is 0 Å². The predicted octanol–water partition coefficient (Wildman–Crippen LogP) is 6.29. The molecule has 0 amide bonds. The lowest BCUT2D eigenvalue weighted by Crippen LogP contribution is -2.16. The van der Waals surface area contributed by atoms with Gasteiger partial charge in [-0.3, -0.25) is 0 Å². The molecule has 4 rings (SSSR count). The van der Waals surface area contributed by atoms with Crippen molar-refractivity contribution in [3.63, 3.8) is 0 Å². The molecule has 0 saturated heterocycles. The van der Waals surface area contributed by atoms with Gasteiger partial charge in [0.15, 0.2) is 0 Å². The predicted molar refractivity (Wildman–Crippen MR) is 117 cm³/mol. The van der Waals surface area contributed by atoms with Crippen molar-refractivity contribution in [3.8, 4) is 11.1 Å². The number of nitrogens with zero attached hydrogens (tertiary/aromatic N) is 4. The van der Waals surface area contributed by atoms with E-state index in [-0.39, 0.29) is 11.6 Å². The maximum Gasteiger partial charge on any atom is 0.280 e. The molecule has 1 unspecified atom stereocenters. The molecule has 31 heavy (non-hydrogen) atoms. The number of aryl methyl sites for hydroxylation is 1. The molecule has 2 atom stereocenters. The molecule has 1 fully saturated rings. The highest BCUT2D eigenvalue weighted by Gasteiger charge is 2.20. The van der Waals surface area contributed by atoms with Crippen molar-refractivity contribution in [1.82, 2.24) is 19.9 Å². The Morgan fingerprint density at radius 2 is 1.87 bits per heavy atom. The first-order valence-corrected chi connectivity index (χ1v) is 10.8. The number of aromatic nitrogens is 4. The van der Waals surface area contributed by atoms with E-state index < -0.39 is 6.43 Å². The first kappa shape index (κ1) is 21.3. The molecular formula is C24H27F2N5. The average Bonchev–Trinajstić information content (AvgIpc) is 2.74. The van der Waals surface area contributed by atoms with Gasteiger partial charge in [0.1, 0.15) is 11.5 Å². The SMILES string of the molecule is Cc1cc(Nc2nccc(C(F)F)n2)cc(-c2cnc(CC3CCC[C@@H](C)C3)nc2)c1. The Labute approximate surface area is 181 Å². The van der Waals surface area contributed by atoms with Gasteiger partial charge in [-0.25, -0.2) is 28.7 Å². The number of halogens is 2. The Bertz CT molecular complexity index is 1020. The summed E-state index contributed by atoms with van der Waals surface area (Å²) in [6.07, 6.45) is 8.50. The molecule has 162 valence electrons. The number of rotatable bonds is 6. The van der Waals surface area contributed by atoms with Gasteiger partial charge in [-0.05, 0) is 60.9 Å². The van der Waals surface area contributed by atoms with Crippen molar-refractivity contribution in [3.05, 3.63) is 59.9 Å². The van der Waals surface area contributed by atoms with E-state index in [2.05, 4.69) is 32.2 Å². The van der Waals surface area contributed by atoms with Crippen LogP contribution in [0.25, 0.3) is 11.1 Å². The fourth-order valence-corrected chi connectivity index (χ4v) is 4.32. The summed E-state index contributed by atoms with van der Waals surface area (Å²) in [6, 6.07) is 7.10. The van der Waals surface area contributed by atoms with Crippen LogP contribution in [0.5, 0.6) is 0 Å². The van der Waals surface area contributed by atoms with Gasteiger partial charge in [-0.2, -0.15) is 0 Å². The summed E-state index contributed by atoms with van der Waals surface area (Å²) >= 11 is 0. The monoisotopic (exact) mass is 423 g/mol. The highest BCUT2D eigenvalue weighted by Crippen LogP contribution is 2.31. The third kappa shape index (κ3) is 5.60. The molecule has 1 aliphatic carbocycles. The van der Waals surface area contributed by atoms with Crippen LogP contribution in [-0.2, 0) is 6.42 Å². The van der Waals surface area contributed by atoms with Crippen LogP contribution in [0.1, 0.15) is 56.1 Å². The van der Waals surface area contributed by atoms with Crippen LogP contribution in [0.4, 0.5) is 20.4 Å². The third-order valence-corrected chi connectivity index (χ3v) is 5.79. The highest BCUT2D eigenvalue weighted by molar-refractivity contribution is 5.69. The summed E-state index contributed by atoms with van der Waals surface area (Å²) in [7, 11) is 0. The summed E-state index contributed by atoms with van der Waals surface area (Å²) in [5, 5.41) is 3.02. The van der Waals surface area contributed by atoms with Gasteiger partial charge in [0.05, 0.1) is 0 Å². The van der Waals surface area contributed by atoms with Crippen LogP contribution < -0.4 is 5.32 Å². The van der Waals surface area contributed by atoms with Crippen molar-refractivity contribution in [2.75, 3.05) is 5.32 Å². The largest absolute Gasteiger partial charge is 0.324 e. The second-order valence-corrected chi connectivity index (χ2v) is 8.55. The summed E-state index contributed by atoms with van der Waals surface area (Å²) in [5.41, 5.74) is 3.30. The minimum atomic E-state index is -2.64. The van der Waals surface area contributed by atoms with Crippen molar-refractivity contribution in [2.24, 2.45) is 11.8 Å². The summed E-state index contributed by atoms with van der Waals surface area (Å²) < 4.78 is 25.8. The first-order chi connectivity index (χ1) is 15.0. The fourth-order valence-electron chi connectivity index (χ4n) is 4.32. The Balaban J connectivity index is 1.49. The van der Waals surface area contributed by atoms with Crippen LogP contribution in [0, 0.1) is 18.8 Å². The van der Waals surface area contributed by atoms with Crippen LogP contribution >= 0.6 is 0 Å². The maximum atomic E-state index is 12.9. The molecule has 0 spiro atoms. The lowest BCUT2D eigenvalue weighted by molar-refractivity contribution is 0.146. The van der Waals surface area contributed by atoms with Gasteiger partial charge in [0.25, 0.3) is 6.43 Å². The zero-order chi connectivity index (χ0) is 21.8. The van der Waals surface area contributed by atoms with E-state index in [1.165, 1.54) is 37.9 Å². The standard InChI is InChI=1S/C24H27F2N5/c1-15-4-3-5-17(8-15)11-22-28-13-19(14-29-22)18-9-16(2)10-20(12-18)30-24-27-7-6-21(31-24)23(25)26/h6-7,9-10,12-15,17,23H,3-5,8,11H2,1-2H3,(H,27,30,31)/t15-,17?/m1/s1. The van der Waals surface area contributed by atoms with E-state index in [0.717, 1.165) is 40.5 Å². The highest BCUT2D eigenvalue weighted by atomic mass is 19.3. The van der Waals surface area contributed by atoms with Gasteiger partial charge in [-0.1, -0.05) is 25.8 Å². The van der Waals surface area contributed by atoms with Crippen molar-refractivity contribution in [2.45, 2.75) is 52.4 Å². The van der Waals surface area contributed by atoms with E-state index in [1.807, 2.05) is 37.5 Å². The van der Waals surface area contributed by atoms with Crippen LogP contribution in [0.2, 0.25) is 0 Å². The Hall–Kier alpha value is -2.96. The summed E-state index contributed by atoms with van der Waals surface area (Å²) in [5.74, 6) is 2.50. The molecule has 0 bridgehead atoms. The quantitative estimate of drug-likeness (QED) is 0.505. The van der Waals surface area contributed by atoms with Crippen molar-refractivity contribution >= 4 is 11.6 Å². The van der Waals surface area contributed by atoms with Crippen LogP contribution in [0.3, 0.4) is 0 Å². The fraction of sp³-hybridized carbons (Fsp3) is 0.417. The number of alkyl halides is 2. The lowest BCUT2D eigenvalue weighted by atomic mass is 9.81. The zero-order valence-corrected chi connectivity index (χ0v) is 17.9. The van der Waals surface area contributed by atoms with Gasteiger partial charge < -0.3 is 5.32 Å². The second-order valence-electron chi connectivity index (χ2n) is 8.55. The van der Waals surface area contributed by atoms with Gasteiger partial charge >= 0.3 is 0 Å². The van der Waals surface area contributed by atoms with E-state index in [9.17, 15) is 8.78 Å². The number of anilines is 2. The van der Waals surface area contributed by atoms with Gasteiger partial charge in [0, 0.05) is 36.3 Å². The molecule has 1 aliphatic rings. The topological polar surface area (TPSA) is 63.6 Å². The summed E-state index contributed by atoms with van der Waals surface area (Å²) in [4.78, 5) is 17.1. The third-order valence-electron chi connectivity index (χ3n) is 5.79. The minimum absolute atomic E-state index is 0.141. The van der Waals surface area contributed by atoms with E-state index in [1.54, 1.807) is 0 Å².